The van der Waals surface area contributed by atoms with E-state index in [1.165, 1.54) is 6.07 Å². The second kappa shape index (κ2) is 7.14. The van der Waals surface area contributed by atoms with Crippen molar-refractivity contribution >= 4 is 11.8 Å². The topological polar surface area (TPSA) is 12.0 Å². The summed E-state index contributed by atoms with van der Waals surface area (Å²) in [5, 5.41) is 3.08. The molecule has 1 aromatic rings. The van der Waals surface area contributed by atoms with Crippen LogP contribution in [-0.4, -0.2) is 18.6 Å². The highest BCUT2D eigenvalue weighted by Crippen LogP contribution is 2.31. The maximum absolute atomic E-state index is 13.1. The highest BCUT2D eigenvalue weighted by molar-refractivity contribution is 7.98. The molecule has 0 bridgehead atoms. The predicted octanol–water partition coefficient (Wildman–Crippen LogP) is 3.93. The van der Waals surface area contributed by atoms with Crippen LogP contribution >= 0.6 is 11.8 Å². The van der Waals surface area contributed by atoms with Crippen LogP contribution in [0.5, 0.6) is 0 Å². The van der Waals surface area contributed by atoms with Crippen molar-refractivity contribution in [1.82, 2.24) is 5.32 Å². The number of rotatable bonds is 6. The molecule has 108 valence electrons. The fourth-order valence-corrected chi connectivity index (χ4v) is 2.39. The van der Waals surface area contributed by atoms with E-state index in [4.69, 9.17) is 0 Å². The van der Waals surface area contributed by atoms with E-state index < -0.39 is 17.6 Å². The number of hydrogen-bond acceptors (Lipinski definition) is 2. The molecule has 1 atom stereocenters. The Morgan fingerprint density at radius 2 is 2.00 bits per heavy atom. The fourth-order valence-electron chi connectivity index (χ4n) is 1.71. The molecule has 1 nitrogen and oxygen atoms in total. The summed E-state index contributed by atoms with van der Waals surface area (Å²) in [6.45, 7) is 3.09. The van der Waals surface area contributed by atoms with E-state index in [-0.39, 0.29) is 0 Å². The highest BCUT2D eigenvalue weighted by atomic mass is 32.2. The smallest absolute Gasteiger partial charge is 0.312 e. The van der Waals surface area contributed by atoms with Crippen LogP contribution in [-0.2, 0) is 12.7 Å². The summed E-state index contributed by atoms with van der Waals surface area (Å²) in [5.74, 6) is 0.203. The molecule has 0 heterocycles. The van der Waals surface area contributed by atoms with Crippen molar-refractivity contribution in [3.8, 4) is 0 Å². The van der Waals surface area contributed by atoms with Crippen LogP contribution in [0.3, 0.4) is 0 Å². The summed E-state index contributed by atoms with van der Waals surface area (Å²) >= 11 is 1.73. The third-order valence-corrected chi connectivity index (χ3v) is 3.51. The molecule has 1 unspecified atom stereocenters. The van der Waals surface area contributed by atoms with E-state index >= 15 is 0 Å². The zero-order valence-electron chi connectivity index (χ0n) is 10.9. The summed E-state index contributed by atoms with van der Waals surface area (Å²) in [4.78, 5) is 0. The molecule has 0 saturated heterocycles. The number of hydrogen-bond donors (Lipinski definition) is 1. The van der Waals surface area contributed by atoms with Crippen LogP contribution in [0, 0.1) is 11.7 Å². The van der Waals surface area contributed by atoms with Crippen LogP contribution in [0.4, 0.5) is 17.6 Å². The summed E-state index contributed by atoms with van der Waals surface area (Å²) in [6.07, 6.45) is -2.64. The molecular weight excluding hydrogens is 278 g/mol. The molecule has 0 saturated carbocycles. The lowest BCUT2D eigenvalue weighted by atomic mass is 10.1. The first-order valence-corrected chi connectivity index (χ1v) is 7.29. The van der Waals surface area contributed by atoms with Gasteiger partial charge in [-0.25, -0.2) is 4.39 Å². The summed E-state index contributed by atoms with van der Waals surface area (Å²) in [6, 6.07) is 3.10. The quantitative estimate of drug-likeness (QED) is 0.798. The Morgan fingerprint density at radius 1 is 1.32 bits per heavy atom. The van der Waals surface area contributed by atoms with Crippen LogP contribution < -0.4 is 5.32 Å². The van der Waals surface area contributed by atoms with Gasteiger partial charge in [0, 0.05) is 6.54 Å². The first kappa shape index (κ1) is 16.3. The number of nitrogens with one attached hydrogen (secondary N) is 1. The van der Waals surface area contributed by atoms with Crippen LogP contribution in [0.15, 0.2) is 18.2 Å². The molecular formula is C13H17F4NS. The zero-order valence-corrected chi connectivity index (χ0v) is 11.7. The van der Waals surface area contributed by atoms with Gasteiger partial charge in [0.05, 0.1) is 5.56 Å². The second-order valence-electron chi connectivity index (χ2n) is 4.50. The van der Waals surface area contributed by atoms with Gasteiger partial charge in [0.25, 0.3) is 0 Å². The van der Waals surface area contributed by atoms with Crippen molar-refractivity contribution < 1.29 is 17.6 Å². The lowest BCUT2D eigenvalue weighted by molar-refractivity contribution is -0.140. The van der Waals surface area contributed by atoms with E-state index in [9.17, 15) is 17.6 Å². The van der Waals surface area contributed by atoms with Gasteiger partial charge in [-0.1, -0.05) is 13.0 Å². The Balaban J connectivity index is 2.60. The Bertz CT molecular complexity index is 406. The minimum absolute atomic E-state index is 0.308. The molecule has 0 aliphatic carbocycles. The molecule has 6 heteroatoms. The molecule has 0 fully saturated rings. The molecule has 0 spiro atoms. The van der Waals surface area contributed by atoms with Crippen LogP contribution in [0.1, 0.15) is 18.1 Å². The largest absolute Gasteiger partial charge is 0.419 e. The second-order valence-corrected chi connectivity index (χ2v) is 5.41. The average Bonchev–Trinajstić information content (AvgIpc) is 2.30. The molecule has 1 rings (SSSR count). The maximum atomic E-state index is 13.1. The molecule has 0 aliphatic rings. The van der Waals surface area contributed by atoms with Crippen molar-refractivity contribution in [2.24, 2.45) is 5.92 Å². The maximum Gasteiger partial charge on any atom is 0.419 e. The van der Waals surface area contributed by atoms with Crippen molar-refractivity contribution in [2.45, 2.75) is 19.6 Å². The number of halogens is 4. The van der Waals surface area contributed by atoms with Crippen LogP contribution in [0.2, 0.25) is 0 Å². The van der Waals surface area contributed by atoms with Gasteiger partial charge in [-0.15, -0.1) is 0 Å². The summed E-state index contributed by atoms with van der Waals surface area (Å²) in [7, 11) is 0. The van der Waals surface area contributed by atoms with Gasteiger partial charge >= 0.3 is 6.18 Å². The molecule has 19 heavy (non-hydrogen) atoms. The molecule has 0 amide bonds. The van der Waals surface area contributed by atoms with Gasteiger partial charge in [-0.2, -0.15) is 24.9 Å². The van der Waals surface area contributed by atoms with E-state index in [1.807, 2.05) is 6.26 Å². The van der Waals surface area contributed by atoms with Gasteiger partial charge in [0.15, 0.2) is 0 Å². The molecule has 0 aromatic heterocycles. The van der Waals surface area contributed by atoms with Crippen molar-refractivity contribution in [3.63, 3.8) is 0 Å². The predicted molar refractivity (Wildman–Crippen MR) is 70.7 cm³/mol. The summed E-state index contributed by atoms with van der Waals surface area (Å²) in [5.41, 5.74) is -0.769. The van der Waals surface area contributed by atoms with E-state index in [0.717, 1.165) is 24.4 Å². The van der Waals surface area contributed by atoms with Crippen molar-refractivity contribution in [3.05, 3.63) is 35.1 Å². The number of alkyl halides is 3. The SMILES string of the molecule is CSCC(C)CNCc1ccc(F)c(C(F)(F)F)c1. The van der Waals surface area contributed by atoms with Gasteiger partial charge in [-0.05, 0) is 42.2 Å². The molecule has 0 radical (unpaired) electrons. The molecule has 1 N–H and O–H groups in total. The van der Waals surface area contributed by atoms with Crippen molar-refractivity contribution in [1.29, 1.82) is 0 Å². The van der Waals surface area contributed by atoms with Crippen LogP contribution in [0.25, 0.3) is 0 Å². The lowest BCUT2D eigenvalue weighted by Gasteiger charge is -2.13. The third kappa shape index (κ3) is 5.40. The minimum Gasteiger partial charge on any atom is -0.312 e. The van der Waals surface area contributed by atoms with E-state index in [2.05, 4.69) is 12.2 Å². The molecule has 0 aliphatic heterocycles. The zero-order chi connectivity index (χ0) is 14.5. The fraction of sp³-hybridized carbons (Fsp3) is 0.538. The molecule has 1 aromatic carbocycles. The Kier molecular flexibility index (Phi) is 6.13. The van der Waals surface area contributed by atoms with Gasteiger partial charge in [0.2, 0.25) is 0 Å². The highest BCUT2D eigenvalue weighted by Gasteiger charge is 2.34. The standard InChI is InChI=1S/C13H17F4NS/c1-9(8-19-2)6-18-7-10-3-4-12(14)11(5-10)13(15,16)17/h3-5,9,18H,6-8H2,1-2H3. The lowest BCUT2D eigenvalue weighted by Crippen LogP contribution is -2.22. The first-order chi connectivity index (χ1) is 8.84. The normalized spacial score (nSPS) is 13.6. The third-order valence-electron chi connectivity index (χ3n) is 2.61. The Hall–Kier alpha value is -0.750. The first-order valence-electron chi connectivity index (χ1n) is 5.90. The minimum atomic E-state index is -4.65. The van der Waals surface area contributed by atoms with Gasteiger partial charge in [-0.3, -0.25) is 0 Å². The van der Waals surface area contributed by atoms with E-state index in [0.29, 0.717) is 18.0 Å². The monoisotopic (exact) mass is 295 g/mol. The number of benzene rings is 1. The van der Waals surface area contributed by atoms with Gasteiger partial charge in [0.1, 0.15) is 5.82 Å². The number of thioether (sulfide) groups is 1. The Labute approximate surface area is 114 Å². The van der Waals surface area contributed by atoms with Gasteiger partial charge < -0.3 is 5.32 Å². The average molecular weight is 295 g/mol. The van der Waals surface area contributed by atoms with E-state index in [1.54, 1.807) is 11.8 Å². The summed E-state index contributed by atoms with van der Waals surface area (Å²) < 4.78 is 50.6. The van der Waals surface area contributed by atoms with Crippen molar-refractivity contribution in [2.75, 3.05) is 18.6 Å². The Morgan fingerprint density at radius 3 is 2.58 bits per heavy atom.